The maximum Gasteiger partial charge on any atom is 0.255 e. The molecular formula is C13H9Cl3N2O. The van der Waals surface area contributed by atoms with Crippen LogP contribution in [0.15, 0.2) is 30.3 Å². The fraction of sp³-hybridized carbons (Fsp3) is 0.0769. The molecule has 0 fully saturated rings. The summed E-state index contributed by atoms with van der Waals surface area (Å²) < 4.78 is 0. The van der Waals surface area contributed by atoms with Crippen molar-refractivity contribution in [3.63, 3.8) is 0 Å². The van der Waals surface area contributed by atoms with Crippen LogP contribution >= 0.6 is 34.8 Å². The van der Waals surface area contributed by atoms with Crippen LogP contribution in [0.2, 0.25) is 15.2 Å². The molecule has 6 heteroatoms. The molecule has 1 heterocycles. The van der Waals surface area contributed by atoms with Gasteiger partial charge in [-0.2, -0.15) is 0 Å². The van der Waals surface area contributed by atoms with E-state index in [0.717, 1.165) is 0 Å². The summed E-state index contributed by atoms with van der Waals surface area (Å²) in [5.41, 5.74) is 1.60. The number of nitrogens with one attached hydrogen (secondary N) is 1. The van der Waals surface area contributed by atoms with E-state index < -0.39 is 0 Å². The first kappa shape index (κ1) is 14.1. The molecule has 0 saturated heterocycles. The average molecular weight is 316 g/mol. The molecule has 19 heavy (non-hydrogen) atoms. The number of anilines is 1. The van der Waals surface area contributed by atoms with Crippen LogP contribution in [0.1, 0.15) is 16.1 Å². The van der Waals surface area contributed by atoms with E-state index in [0.29, 0.717) is 32.1 Å². The number of halogens is 3. The van der Waals surface area contributed by atoms with E-state index in [2.05, 4.69) is 10.3 Å². The van der Waals surface area contributed by atoms with Crippen molar-refractivity contribution in [2.24, 2.45) is 0 Å². The van der Waals surface area contributed by atoms with Gasteiger partial charge in [0.05, 0.1) is 11.4 Å². The monoisotopic (exact) mass is 314 g/mol. The Morgan fingerprint density at radius 3 is 2.32 bits per heavy atom. The Balaban J connectivity index is 2.25. The van der Waals surface area contributed by atoms with Gasteiger partial charge in [-0.1, -0.05) is 34.8 Å². The lowest BCUT2D eigenvalue weighted by atomic mass is 10.2. The first-order chi connectivity index (χ1) is 8.95. The summed E-state index contributed by atoms with van der Waals surface area (Å²) in [6.07, 6.45) is 0. The molecule has 1 aromatic carbocycles. The third-order valence-electron chi connectivity index (χ3n) is 2.42. The number of aromatic nitrogens is 1. The maximum atomic E-state index is 12.1. The number of amides is 1. The predicted octanol–water partition coefficient (Wildman–Crippen LogP) is 4.60. The number of hydrogen-bond donors (Lipinski definition) is 1. The minimum Gasteiger partial charge on any atom is -0.320 e. The summed E-state index contributed by atoms with van der Waals surface area (Å²) >= 11 is 17.5. The Morgan fingerprint density at radius 1 is 1.11 bits per heavy atom. The topological polar surface area (TPSA) is 42.0 Å². The average Bonchev–Trinajstić information content (AvgIpc) is 2.31. The zero-order chi connectivity index (χ0) is 14.0. The number of pyridine rings is 1. The summed E-state index contributed by atoms with van der Waals surface area (Å²) in [4.78, 5) is 16.1. The van der Waals surface area contributed by atoms with Crippen molar-refractivity contribution in [3.05, 3.63) is 56.8 Å². The van der Waals surface area contributed by atoms with Crippen molar-refractivity contribution in [1.29, 1.82) is 0 Å². The predicted molar refractivity (Wildman–Crippen MR) is 78.4 cm³/mol. The standard InChI is InChI=1S/C13H9Cl3N2O/c1-7-11(2-3-12(16)17-7)18-13(19)8-4-9(14)6-10(15)5-8/h2-6H,1H3,(H,18,19). The lowest BCUT2D eigenvalue weighted by Gasteiger charge is -2.08. The van der Waals surface area contributed by atoms with Crippen LogP contribution in [0.3, 0.4) is 0 Å². The highest BCUT2D eigenvalue weighted by Gasteiger charge is 2.10. The van der Waals surface area contributed by atoms with E-state index in [1.54, 1.807) is 37.3 Å². The molecule has 0 aliphatic carbocycles. The van der Waals surface area contributed by atoms with Gasteiger partial charge in [0.2, 0.25) is 0 Å². The number of benzene rings is 1. The van der Waals surface area contributed by atoms with Gasteiger partial charge < -0.3 is 5.32 Å². The van der Waals surface area contributed by atoms with Crippen molar-refractivity contribution >= 4 is 46.4 Å². The van der Waals surface area contributed by atoms with Crippen LogP contribution in [0.5, 0.6) is 0 Å². The first-order valence-corrected chi connectivity index (χ1v) is 6.49. The quantitative estimate of drug-likeness (QED) is 0.823. The van der Waals surface area contributed by atoms with E-state index in [-0.39, 0.29) is 5.91 Å². The second kappa shape index (κ2) is 5.78. The van der Waals surface area contributed by atoms with E-state index in [4.69, 9.17) is 34.8 Å². The molecule has 0 aliphatic heterocycles. The van der Waals surface area contributed by atoms with Gasteiger partial charge in [-0.05, 0) is 37.3 Å². The molecule has 0 unspecified atom stereocenters. The first-order valence-electron chi connectivity index (χ1n) is 5.36. The molecular weight excluding hydrogens is 307 g/mol. The summed E-state index contributed by atoms with van der Waals surface area (Å²) in [5, 5.41) is 3.92. The van der Waals surface area contributed by atoms with Gasteiger partial charge in [0.25, 0.3) is 5.91 Å². The third kappa shape index (κ3) is 3.60. The second-order valence-electron chi connectivity index (χ2n) is 3.88. The number of aryl methyl sites for hydroxylation is 1. The molecule has 0 aliphatic rings. The van der Waals surface area contributed by atoms with E-state index in [1.807, 2.05) is 0 Å². The highest BCUT2D eigenvalue weighted by Crippen LogP contribution is 2.21. The molecule has 1 N–H and O–H groups in total. The Kier molecular flexibility index (Phi) is 4.30. The lowest BCUT2D eigenvalue weighted by Crippen LogP contribution is -2.13. The van der Waals surface area contributed by atoms with Gasteiger partial charge in [-0.3, -0.25) is 4.79 Å². The Labute approximate surface area is 125 Å². The van der Waals surface area contributed by atoms with Crippen LogP contribution in [-0.2, 0) is 0 Å². The second-order valence-corrected chi connectivity index (χ2v) is 5.14. The van der Waals surface area contributed by atoms with Crippen LogP contribution in [0, 0.1) is 6.92 Å². The summed E-state index contributed by atoms with van der Waals surface area (Å²) in [6, 6.07) is 7.95. The summed E-state index contributed by atoms with van der Waals surface area (Å²) in [7, 11) is 0. The number of hydrogen-bond acceptors (Lipinski definition) is 2. The molecule has 2 aromatic rings. The molecule has 2 rings (SSSR count). The molecule has 0 spiro atoms. The lowest BCUT2D eigenvalue weighted by molar-refractivity contribution is 0.102. The van der Waals surface area contributed by atoms with Crippen LogP contribution < -0.4 is 5.32 Å². The highest BCUT2D eigenvalue weighted by molar-refractivity contribution is 6.35. The van der Waals surface area contributed by atoms with E-state index >= 15 is 0 Å². The van der Waals surface area contributed by atoms with E-state index in [9.17, 15) is 4.79 Å². The largest absolute Gasteiger partial charge is 0.320 e. The minimum atomic E-state index is -0.309. The van der Waals surface area contributed by atoms with Gasteiger partial charge in [0, 0.05) is 15.6 Å². The highest BCUT2D eigenvalue weighted by atomic mass is 35.5. The molecule has 1 amide bonds. The zero-order valence-electron chi connectivity index (χ0n) is 9.88. The molecule has 98 valence electrons. The number of carbonyl (C=O) groups excluding carboxylic acids is 1. The van der Waals surface area contributed by atoms with Gasteiger partial charge in [0.1, 0.15) is 5.15 Å². The van der Waals surface area contributed by atoms with Crippen LogP contribution in [0.25, 0.3) is 0 Å². The Morgan fingerprint density at radius 2 is 1.74 bits per heavy atom. The fourth-order valence-electron chi connectivity index (χ4n) is 1.54. The van der Waals surface area contributed by atoms with Crippen molar-refractivity contribution in [1.82, 2.24) is 4.98 Å². The molecule has 0 atom stereocenters. The van der Waals surface area contributed by atoms with Gasteiger partial charge in [-0.25, -0.2) is 4.98 Å². The van der Waals surface area contributed by atoms with E-state index in [1.165, 1.54) is 0 Å². The molecule has 0 bridgehead atoms. The Bertz CT molecular complexity index is 624. The van der Waals surface area contributed by atoms with Gasteiger partial charge >= 0.3 is 0 Å². The number of carbonyl (C=O) groups is 1. The molecule has 1 aromatic heterocycles. The maximum absolute atomic E-state index is 12.1. The normalized spacial score (nSPS) is 10.3. The van der Waals surface area contributed by atoms with Crippen molar-refractivity contribution < 1.29 is 4.79 Å². The third-order valence-corrected chi connectivity index (χ3v) is 3.07. The van der Waals surface area contributed by atoms with Gasteiger partial charge in [0.15, 0.2) is 0 Å². The number of nitrogens with zero attached hydrogens (tertiary/aromatic N) is 1. The van der Waals surface area contributed by atoms with Crippen LogP contribution in [0.4, 0.5) is 5.69 Å². The van der Waals surface area contributed by atoms with Crippen molar-refractivity contribution in [2.75, 3.05) is 5.32 Å². The minimum absolute atomic E-state index is 0.309. The van der Waals surface area contributed by atoms with Crippen molar-refractivity contribution in [3.8, 4) is 0 Å². The smallest absolute Gasteiger partial charge is 0.255 e. The summed E-state index contributed by atoms with van der Waals surface area (Å²) in [6.45, 7) is 1.76. The molecule has 0 radical (unpaired) electrons. The Hall–Kier alpha value is -1.29. The zero-order valence-corrected chi connectivity index (χ0v) is 12.1. The van der Waals surface area contributed by atoms with Crippen molar-refractivity contribution in [2.45, 2.75) is 6.92 Å². The molecule has 0 saturated carbocycles. The molecule has 3 nitrogen and oxygen atoms in total. The number of rotatable bonds is 2. The van der Waals surface area contributed by atoms with Crippen LogP contribution in [-0.4, -0.2) is 10.9 Å². The summed E-state index contributed by atoms with van der Waals surface area (Å²) in [5.74, 6) is -0.309. The SMILES string of the molecule is Cc1nc(Cl)ccc1NC(=O)c1cc(Cl)cc(Cl)c1. The van der Waals surface area contributed by atoms with Gasteiger partial charge in [-0.15, -0.1) is 0 Å². The fourth-order valence-corrected chi connectivity index (χ4v) is 2.26.